The van der Waals surface area contributed by atoms with E-state index in [0.29, 0.717) is 37.4 Å². The molecule has 1 aliphatic carbocycles. The fourth-order valence-corrected chi connectivity index (χ4v) is 3.02. The second-order valence-corrected chi connectivity index (χ2v) is 5.51. The standard InChI is InChI=1S/C16H17N5O3/c17-20-19-6-5-18-13-14(21-7-9-24-10-8-21)16(23)12-4-2-1-3-11(12)15(13)22/h1-4,14H,5-10H2/t14-/m1/s1. The molecule has 0 unspecified atom stereocenters. The smallest absolute Gasteiger partial charge is 0.209 e. The summed E-state index contributed by atoms with van der Waals surface area (Å²) in [6, 6.07) is 6.12. The highest BCUT2D eigenvalue weighted by atomic mass is 16.5. The zero-order valence-electron chi connectivity index (χ0n) is 13.1. The van der Waals surface area contributed by atoms with Gasteiger partial charge in [0.2, 0.25) is 5.78 Å². The van der Waals surface area contributed by atoms with Crippen molar-refractivity contribution >= 4 is 17.3 Å². The van der Waals surface area contributed by atoms with Gasteiger partial charge < -0.3 is 4.74 Å². The molecule has 8 nitrogen and oxygen atoms in total. The highest BCUT2D eigenvalue weighted by molar-refractivity contribution is 6.55. The number of rotatable bonds is 4. The highest BCUT2D eigenvalue weighted by Crippen LogP contribution is 2.24. The summed E-state index contributed by atoms with van der Waals surface area (Å²) in [6.45, 7) is 2.51. The topological polar surface area (TPSA) is 108 Å². The number of carbonyl (C=O) groups excluding carboxylic acids is 2. The van der Waals surface area contributed by atoms with Crippen LogP contribution in [0.3, 0.4) is 0 Å². The minimum absolute atomic E-state index is 0.116. The Morgan fingerprint density at radius 3 is 2.58 bits per heavy atom. The Morgan fingerprint density at radius 1 is 1.17 bits per heavy atom. The summed E-state index contributed by atoms with van der Waals surface area (Å²) in [6.07, 6.45) is 0. The van der Waals surface area contributed by atoms with E-state index in [4.69, 9.17) is 10.3 Å². The quantitative estimate of drug-likeness (QED) is 0.361. The van der Waals surface area contributed by atoms with Crippen molar-refractivity contribution in [3.63, 3.8) is 0 Å². The number of ether oxygens (including phenoxy) is 1. The molecule has 1 atom stereocenters. The van der Waals surface area contributed by atoms with Crippen molar-refractivity contribution in [2.75, 3.05) is 39.4 Å². The van der Waals surface area contributed by atoms with Crippen LogP contribution in [0.1, 0.15) is 20.7 Å². The molecule has 1 fully saturated rings. The number of benzene rings is 1. The van der Waals surface area contributed by atoms with Crippen LogP contribution < -0.4 is 0 Å². The Balaban J connectivity index is 1.99. The maximum atomic E-state index is 13.0. The van der Waals surface area contributed by atoms with Crippen LogP contribution in [0.2, 0.25) is 0 Å². The number of carbonyl (C=O) groups is 2. The molecule has 8 heteroatoms. The summed E-state index contributed by atoms with van der Waals surface area (Å²) in [7, 11) is 0. The van der Waals surface area contributed by atoms with E-state index in [1.165, 1.54) is 0 Å². The summed E-state index contributed by atoms with van der Waals surface area (Å²) >= 11 is 0. The number of aliphatic imine (C=N–C) groups is 1. The largest absolute Gasteiger partial charge is 0.379 e. The molecule has 1 aromatic carbocycles. The second kappa shape index (κ2) is 7.35. The number of azide groups is 1. The number of hydrogen-bond acceptors (Lipinski definition) is 6. The molecule has 0 saturated carbocycles. The lowest BCUT2D eigenvalue weighted by molar-refractivity contribution is 0.0277. The highest BCUT2D eigenvalue weighted by Gasteiger charge is 2.41. The molecule has 0 N–H and O–H groups in total. The van der Waals surface area contributed by atoms with Crippen molar-refractivity contribution < 1.29 is 14.3 Å². The van der Waals surface area contributed by atoms with E-state index in [0.717, 1.165) is 0 Å². The van der Waals surface area contributed by atoms with Crippen LogP contribution in [0.15, 0.2) is 34.4 Å². The Kier molecular flexibility index (Phi) is 5.00. The predicted molar refractivity (Wildman–Crippen MR) is 87.6 cm³/mol. The normalized spacial score (nSPS) is 23.0. The fourth-order valence-electron chi connectivity index (χ4n) is 3.02. The SMILES string of the molecule is [N-]=[N+]=NCCN=C1C(=O)c2ccccc2C(=O)[C@@H]1N1CCOCC1. The van der Waals surface area contributed by atoms with E-state index in [2.05, 4.69) is 15.0 Å². The molecule has 2 aliphatic rings. The van der Waals surface area contributed by atoms with Gasteiger partial charge in [-0.15, -0.1) is 0 Å². The zero-order valence-corrected chi connectivity index (χ0v) is 13.1. The van der Waals surface area contributed by atoms with Crippen LogP contribution >= 0.6 is 0 Å². The van der Waals surface area contributed by atoms with E-state index >= 15 is 0 Å². The minimum Gasteiger partial charge on any atom is -0.379 e. The summed E-state index contributed by atoms with van der Waals surface area (Å²) in [5.41, 5.74) is 9.40. The van der Waals surface area contributed by atoms with Gasteiger partial charge in [0.1, 0.15) is 11.8 Å². The van der Waals surface area contributed by atoms with Crippen LogP contribution in [0.25, 0.3) is 10.4 Å². The van der Waals surface area contributed by atoms with Crippen molar-refractivity contribution in [2.24, 2.45) is 10.1 Å². The van der Waals surface area contributed by atoms with E-state index < -0.39 is 6.04 Å². The molecule has 1 saturated heterocycles. The van der Waals surface area contributed by atoms with Gasteiger partial charge >= 0.3 is 0 Å². The fraction of sp³-hybridized carbons (Fsp3) is 0.438. The first-order valence-electron chi connectivity index (χ1n) is 7.79. The molecule has 1 aromatic rings. The van der Waals surface area contributed by atoms with Gasteiger partial charge in [0, 0.05) is 42.2 Å². The molecule has 3 rings (SSSR count). The zero-order chi connectivity index (χ0) is 16.9. The molecule has 0 amide bonds. The molecular weight excluding hydrogens is 310 g/mol. The second-order valence-electron chi connectivity index (χ2n) is 5.51. The predicted octanol–water partition coefficient (Wildman–Crippen LogP) is 1.52. The van der Waals surface area contributed by atoms with Crippen LogP contribution in [-0.2, 0) is 4.74 Å². The molecule has 1 aliphatic heterocycles. The Hall–Kier alpha value is -2.54. The van der Waals surface area contributed by atoms with Gasteiger partial charge in [-0.05, 0) is 5.53 Å². The lowest BCUT2D eigenvalue weighted by Crippen LogP contribution is -2.55. The van der Waals surface area contributed by atoms with Crippen molar-refractivity contribution in [2.45, 2.75) is 6.04 Å². The van der Waals surface area contributed by atoms with Gasteiger partial charge in [0.25, 0.3) is 0 Å². The molecule has 124 valence electrons. The van der Waals surface area contributed by atoms with Crippen molar-refractivity contribution in [3.05, 3.63) is 45.8 Å². The van der Waals surface area contributed by atoms with Crippen LogP contribution in [0.5, 0.6) is 0 Å². The van der Waals surface area contributed by atoms with Gasteiger partial charge in [-0.3, -0.25) is 19.5 Å². The third kappa shape index (κ3) is 3.07. The molecule has 24 heavy (non-hydrogen) atoms. The van der Waals surface area contributed by atoms with Crippen LogP contribution in [0.4, 0.5) is 0 Å². The first kappa shape index (κ1) is 16.3. The average molecular weight is 327 g/mol. The molecule has 0 bridgehead atoms. The van der Waals surface area contributed by atoms with E-state index in [1.54, 1.807) is 24.3 Å². The van der Waals surface area contributed by atoms with Gasteiger partial charge in [0.15, 0.2) is 5.78 Å². The van der Waals surface area contributed by atoms with Crippen LogP contribution in [0, 0.1) is 0 Å². The van der Waals surface area contributed by atoms with Crippen LogP contribution in [-0.4, -0.2) is 67.6 Å². The third-order valence-corrected chi connectivity index (χ3v) is 4.13. The lowest BCUT2D eigenvalue weighted by Gasteiger charge is -2.36. The Bertz CT molecular complexity index is 733. The summed E-state index contributed by atoms with van der Waals surface area (Å²) in [5.74, 6) is -0.350. The molecule has 1 heterocycles. The number of Topliss-reactive ketones (excluding diaryl/α,β-unsaturated/α-hetero) is 2. The van der Waals surface area contributed by atoms with E-state index in [1.807, 2.05) is 4.90 Å². The summed E-state index contributed by atoms with van der Waals surface area (Å²) in [5, 5.41) is 3.43. The van der Waals surface area contributed by atoms with Crippen molar-refractivity contribution in [3.8, 4) is 0 Å². The van der Waals surface area contributed by atoms with E-state index in [9.17, 15) is 9.59 Å². The maximum absolute atomic E-state index is 13.0. The van der Waals surface area contributed by atoms with Gasteiger partial charge in [-0.1, -0.05) is 29.4 Å². The number of fused-ring (bicyclic) bond motifs is 1. The monoisotopic (exact) mass is 327 g/mol. The summed E-state index contributed by atoms with van der Waals surface area (Å²) < 4.78 is 5.34. The molecule has 0 radical (unpaired) electrons. The van der Waals surface area contributed by atoms with E-state index in [-0.39, 0.29) is 30.4 Å². The molecular formula is C16H17N5O3. The van der Waals surface area contributed by atoms with Gasteiger partial charge in [-0.25, -0.2) is 0 Å². The first-order valence-corrected chi connectivity index (χ1v) is 7.79. The Labute approximate surface area is 138 Å². The summed E-state index contributed by atoms with van der Waals surface area (Å²) in [4.78, 5) is 34.7. The van der Waals surface area contributed by atoms with Gasteiger partial charge in [0.05, 0.1) is 13.2 Å². The number of morpholine rings is 1. The number of ketones is 2. The number of hydrogen-bond donors (Lipinski definition) is 0. The lowest BCUT2D eigenvalue weighted by atomic mass is 9.83. The average Bonchev–Trinajstić information content (AvgIpc) is 2.63. The van der Waals surface area contributed by atoms with Gasteiger partial charge in [-0.2, -0.15) is 0 Å². The Morgan fingerprint density at radius 2 is 1.88 bits per heavy atom. The van der Waals surface area contributed by atoms with Crippen molar-refractivity contribution in [1.29, 1.82) is 0 Å². The van der Waals surface area contributed by atoms with Crippen molar-refractivity contribution in [1.82, 2.24) is 4.90 Å². The first-order chi connectivity index (χ1) is 11.7. The third-order valence-electron chi connectivity index (χ3n) is 4.13. The number of nitrogens with zero attached hydrogens (tertiary/aromatic N) is 5. The maximum Gasteiger partial charge on any atom is 0.209 e. The molecule has 0 spiro atoms. The molecule has 0 aromatic heterocycles. The minimum atomic E-state index is -0.692.